The minimum atomic E-state index is -0.838. The molecule has 1 fully saturated rings. The van der Waals surface area contributed by atoms with Gasteiger partial charge in [0.2, 0.25) is 6.10 Å². The quantitative estimate of drug-likeness (QED) is 0.732. The van der Waals surface area contributed by atoms with Crippen LogP contribution in [0, 0.1) is 20.8 Å². The molecule has 0 spiro atoms. The van der Waals surface area contributed by atoms with E-state index in [9.17, 15) is 9.59 Å². The molecule has 1 unspecified atom stereocenters. The predicted molar refractivity (Wildman–Crippen MR) is 118 cm³/mol. The van der Waals surface area contributed by atoms with Gasteiger partial charge in [0.15, 0.2) is 0 Å². The van der Waals surface area contributed by atoms with Crippen molar-refractivity contribution in [2.45, 2.75) is 65.2 Å². The number of cyclic esters (lactones) is 1. The van der Waals surface area contributed by atoms with Gasteiger partial charge in [-0.25, -0.2) is 9.69 Å². The van der Waals surface area contributed by atoms with Crippen molar-refractivity contribution >= 4 is 17.7 Å². The van der Waals surface area contributed by atoms with Crippen LogP contribution >= 0.6 is 0 Å². The molecule has 2 aromatic rings. The molecule has 4 rings (SSSR count). The number of carbonyl (C=O) groups excluding carboxylic acids is 2. The largest absolute Gasteiger partial charge is 0.441 e. The Labute approximate surface area is 182 Å². The first-order valence-corrected chi connectivity index (χ1v) is 10.6. The summed E-state index contributed by atoms with van der Waals surface area (Å²) in [5.74, 6) is -0.405. The van der Waals surface area contributed by atoms with Crippen LogP contribution in [0.25, 0.3) is 0 Å². The Balaban J connectivity index is 1.55. The van der Waals surface area contributed by atoms with E-state index in [1.165, 1.54) is 10.5 Å². The van der Waals surface area contributed by atoms with Gasteiger partial charge < -0.3 is 9.57 Å². The summed E-state index contributed by atoms with van der Waals surface area (Å²) in [5, 5.41) is 4.22. The van der Waals surface area contributed by atoms with Gasteiger partial charge in [-0.2, -0.15) is 0 Å². The van der Waals surface area contributed by atoms with Crippen molar-refractivity contribution in [2.75, 3.05) is 0 Å². The summed E-state index contributed by atoms with van der Waals surface area (Å²) in [6, 6.07) is 13.6. The molecule has 6 nitrogen and oxygen atoms in total. The van der Waals surface area contributed by atoms with Crippen molar-refractivity contribution in [3.8, 4) is 0 Å². The maximum absolute atomic E-state index is 13.4. The zero-order chi connectivity index (χ0) is 22.3. The highest BCUT2D eigenvalue weighted by Gasteiger charge is 2.52. The molecule has 2 aromatic carbocycles. The fraction of sp³-hybridized carbons (Fsp3) is 0.400. The molecule has 0 N–H and O–H groups in total. The van der Waals surface area contributed by atoms with Gasteiger partial charge in [0.1, 0.15) is 5.60 Å². The lowest BCUT2D eigenvalue weighted by molar-refractivity contribution is -0.140. The Morgan fingerprint density at radius 3 is 2.42 bits per heavy atom. The maximum atomic E-state index is 13.4. The zero-order valence-corrected chi connectivity index (χ0v) is 18.6. The molecule has 31 heavy (non-hydrogen) atoms. The van der Waals surface area contributed by atoms with Gasteiger partial charge in [0, 0.05) is 12.0 Å². The van der Waals surface area contributed by atoms with E-state index in [-0.39, 0.29) is 0 Å². The average Bonchev–Trinajstić information content (AvgIpc) is 3.24. The lowest BCUT2D eigenvalue weighted by atomic mass is 9.91. The molecule has 6 heteroatoms. The number of benzene rings is 2. The van der Waals surface area contributed by atoms with Crippen LogP contribution in [0.1, 0.15) is 48.1 Å². The number of ether oxygens (including phenoxy) is 1. The van der Waals surface area contributed by atoms with Gasteiger partial charge in [-0.1, -0.05) is 53.2 Å². The third kappa shape index (κ3) is 3.94. The summed E-state index contributed by atoms with van der Waals surface area (Å²) in [7, 11) is 0. The molecule has 2 atom stereocenters. The van der Waals surface area contributed by atoms with Crippen LogP contribution in [-0.2, 0) is 20.8 Å². The first kappa shape index (κ1) is 21.1. The van der Waals surface area contributed by atoms with Crippen LogP contribution in [0.4, 0.5) is 4.79 Å². The highest BCUT2D eigenvalue weighted by atomic mass is 16.6. The summed E-state index contributed by atoms with van der Waals surface area (Å²) in [5.41, 5.74) is 5.34. The molecule has 2 amide bonds. The van der Waals surface area contributed by atoms with E-state index in [1.54, 1.807) is 0 Å². The predicted octanol–water partition coefficient (Wildman–Crippen LogP) is 4.47. The van der Waals surface area contributed by atoms with Gasteiger partial charge in [-0.3, -0.25) is 4.79 Å². The number of imide groups is 1. The van der Waals surface area contributed by atoms with Crippen LogP contribution in [0.5, 0.6) is 0 Å². The van der Waals surface area contributed by atoms with Crippen molar-refractivity contribution in [3.63, 3.8) is 0 Å². The third-order valence-electron chi connectivity index (χ3n) is 6.08. The SMILES string of the molecule is Cc1cc(C)c(C2=NOC(C(=O)N3C(=O)OC(C)(C)[C@@H]3Cc3ccccc3)C2)c(C)c1. The number of nitrogens with zero attached hydrogens (tertiary/aromatic N) is 2. The standard InChI is InChI=1S/C25H28N2O4/c1-15-11-16(2)22(17(3)12-15)19-14-20(31-26-19)23(28)27-21(25(4,5)30-24(27)29)13-18-9-7-6-8-10-18/h6-12,20-21H,13-14H2,1-5H3/t20?,21-/m0/s1. The number of hydrogen-bond acceptors (Lipinski definition) is 5. The second-order valence-corrected chi connectivity index (χ2v) is 9.00. The molecule has 0 bridgehead atoms. The molecular weight excluding hydrogens is 392 g/mol. The Kier molecular flexibility index (Phi) is 5.33. The fourth-order valence-electron chi connectivity index (χ4n) is 4.65. The first-order chi connectivity index (χ1) is 14.7. The molecule has 162 valence electrons. The van der Waals surface area contributed by atoms with Crippen molar-refractivity contribution in [1.82, 2.24) is 4.90 Å². The topological polar surface area (TPSA) is 68.2 Å². The Hall–Kier alpha value is -3.15. The van der Waals surface area contributed by atoms with Gasteiger partial charge >= 0.3 is 6.09 Å². The molecule has 0 aliphatic carbocycles. The first-order valence-electron chi connectivity index (χ1n) is 10.6. The van der Waals surface area contributed by atoms with Gasteiger partial charge in [0.25, 0.3) is 5.91 Å². The van der Waals surface area contributed by atoms with Crippen molar-refractivity contribution < 1.29 is 19.2 Å². The molecular formula is C25H28N2O4. The molecule has 2 aliphatic heterocycles. The Bertz CT molecular complexity index is 1040. The summed E-state index contributed by atoms with van der Waals surface area (Å²) in [4.78, 5) is 32.8. The van der Waals surface area contributed by atoms with Crippen LogP contribution < -0.4 is 0 Å². The summed E-state index contributed by atoms with van der Waals surface area (Å²) >= 11 is 0. The summed E-state index contributed by atoms with van der Waals surface area (Å²) < 4.78 is 5.56. The average molecular weight is 421 g/mol. The monoisotopic (exact) mass is 420 g/mol. The molecule has 0 saturated carbocycles. The van der Waals surface area contributed by atoms with Crippen LogP contribution in [0.3, 0.4) is 0 Å². The number of rotatable bonds is 4. The highest BCUT2D eigenvalue weighted by Crippen LogP contribution is 2.34. The van der Waals surface area contributed by atoms with E-state index >= 15 is 0 Å². The minimum absolute atomic E-state index is 0.325. The lowest BCUT2D eigenvalue weighted by Crippen LogP contribution is -2.49. The lowest BCUT2D eigenvalue weighted by Gasteiger charge is -2.28. The van der Waals surface area contributed by atoms with Crippen molar-refractivity contribution in [1.29, 1.82) is 0 Å². The van der Waals surface area contributed by atoms with E-state index in [0.717, 1.165) is 28.0 Å². The molecule has 0 radical (unpaired) electrons. The van der Waals surface area contributed by atoms with Gasteiger partial charge in [-0.15, -0.1) is 0 Å². The smallest absolute Gasteiger partial charge is 0.417 e. The van der Waals surface area contributed by atoms with Crippen molar-refractivity contribution in [2.24, 2.45) is 5.16 Å². The fourth-order valence-corrected chi connectivity index (χ4v) is 4.65. The van der Waals surface area contributed by atoms with Gasteiger partial charge in [0.05, 0.1) is 11.8 Å². The van der Waals surface area contributed by atoms with E-state index in [4.69, 9.17) is 9.57 Å². The van der Waals surface area contributed by atoms with Crippen LogP contribution in [0.2, 0.25) is 0 Å². The van der Waals surface area contributed by atoms with Gasteiger partial charge in [-0.05, 0) is 57.7 Å². The highest BCUT2D eigenvalue weighted by molar-refractivity contribution is 6.07. The van der Waals surface area contributed by atoms with E-state index < -0.39 is 29.7 Å². The maximum Gasteiger partial charge on any atom is 0.417 e. The summed E-state index contributed by atoms with van der Waals surface area (Å²) in [6.07, 6.45) is -0.626. The minimum Gasteiger partial charge on any atom is -0.441 e. The van der Waals surface area contributed by atoms with Crippen LogP contribution in [0.15, 0.2) is 47.6 Å². The summed E-state index contributed by atoms with van der Waals surface area (Å²) in [6.45, 7) is 9.79. The van der Waals surface area contributed by atoms with E-state index in [1.807, 2.05) is 58.0 Å². The Morgan fingerprint density at radius 1 is 1.13 bits per heavy atom. The zero-order valence-electron chi connectivity index (χ0n) is 18.6. The number of carbonyl (C=O) groups is 2. The van der Waals surface area contributed by atoms with Crippen molar-refractivity contribution in [3.05, 3.63) is 70.3 Å². The molecule has 0 aromatic heterocycles. The van der Waals surface area contributed by atoms with E-state index in [0.29, 0.717) is 12.8 Å². The second kappa shape index (κ2) is 7.84. The number of oxime groups is 1. The number of hydrogen-bond donors (Lipinski definition) is 0. The van der Waals surface area contributed by atoms with E-state index in [2.05, 4.69) is 24.2 Å². The molecule has 2 heterocycles. The normalized spacial score (nSPS) is 22.2. The molecule has 2 aliphatic rings. The third-order valence-corrected chi connectivity index (χ3v) is 6.08. The Morgan fingerprint density at radius 2 is 1.77 bits per heavy atom. The van der Waals surface area contributed by atoms with Crippen LogP contribution in [-0.4, -0.2) is 40.4 Å². The second-order valence-electron chi connectivity index (χ2n) is 9.00. The number of aryl methyl sites for hydroxylation is 3. The molecule has 1 saturated heterocycles. The number of amides is 2.